The Hall–Kier alpha value is -1.60. The third-order valence-electron chi connectivity index (χ3n) is 5.49. The first-order chi connectivity index (χ1) is 14.2. The van der Waals surface area contributed by atoms with Crippen molar-refractivity contribution in [3.63, 3.8) is 0 Å². The molecule has 0 radical (unpaired) electrons. The van der Waals surface area contributed by atoms with E-state index < -0.39 is 15.9 Å². The van der Waals surface area contributed by atoms with Crippen LogP contribution in [0.15, 0.2) is 36.4 Å². The Kier molecular flexibility index (Phi) is 7.45. The molecule has 1 heterocycles. The van der Waals surface area contributed by atoms with Crippen molar-refractivity contribution in [2.45, 2.75) is 38.9 Å². The van der Waals surface area contributed by atoms with Gasteiger partial charge in [0.1, 0.15) is 0 Å². The minimum atomic E-state index is -3.61. The van der Waals surface area contributed by atoms with Gasteiger partial charge >= 0.3 is 0 Å². The first kappa shape index (κ1) is 23.1. The van der Waals surface area contributed by atoms with Crippen LogP contribution < -0.4 is 5.32 Å². The number of anilines is 1. The molecule has 1 atom stereocenters. The molecule has 3 rings (SSSR count). The molecule has 0 spiro atoms. The molecule has 1 aliphatic rings. The maximum absolute atomic E-state index is 13.0. The van der Waals surface area contributed by atoms with E-state index in [0.717, 1.165) is 23.2 Å². The molecule has 5 nitrogen and oxygen atoms in total. The van der Waals surface area contributed by atoms with Crippen molar-refractivity contribution in [3.8, 4) is 0 Å². The van der Waals surface area contributed by atoms with Crippen molar-refractivity contribution < 1.29 is 13.2 Å². The molecule has 1 saturated heterocycles. The maximum Gasteiger partial charge on any atom is 0.228 e. The summed E-state index contributed by atoms with van der Waals surface area (Å²) in [5, 5.41) is 3.82. The number of para-hydroxylation sites is 1. The lowest BCUT2D eigenvalue weighted by atomic mass is 9.98. The zero-order valence-corrected chi connectivity index (χ0v) is 19.4. The molecule has 0 aromatic heterocycles. The van der Waals surface area contributed by atoms with Crippen molar-refractivity contribution in [2.24, 2.45) is 5.92 Å². The minimum Gasteiger partial charge on any atom is -0.325 e. The number of rotatable bonds is 6. The Balaban J connectivity index is 1.72. The highest BCUT2D eigenvalue weighted by Gasteiger charge is 2.33. The first-order valence-electron chi connectivity index (χ1n) is 10.0. The number of benzene rings is 2. The van der Waals surface area contributed by atoms with Gasteiger partial charge in [0.15, 0.2) is 0 Å². The summed E-state index contributed by atoms with van der Waals surface area (Å²) >= 11 is 12.1. The van der Waals surface area contributed by atoms with Gasteiger partial charge in [0.05, 0.1) is 11.7 Å². The van der Waals surface area contributed by atoms with Crippen LogP contribution in [-0.4, -0.2) is 31.7 Å². The van der Waals surface area contributed by atoms with Gasteiger partial charge in [-0.2, -0.15) is 0 Å². The standard InChI is InChI=1S/C22H26Cl2N2O3S/c1-3-16-7-4-6-15(2)21(16)25-22(27)17-8-5-11-26(13-17)30(28,29)14-18-9-10-19(23)12-20(18)24/h4,6-7,9-10,12,17H,3,5,8,11,13-14H2,1-2H3,(H,25,27). The van der Waals surface area contributed by atoms with Crippen molar-refractivity contribution in [2.75, 3.05) is 18.4 Å². The highest BCUT2D eigenvalue weighted by Crippen LogP contribution is 2.28. The quantitative estimate of drug-likeness (QED) is 0.644. The summed E-state index contributed by atoms with van der Waals surface area (Å²) in [6.45, 7) is 4.58. The third kappa shape index (κ3) is 5.35. The molecular weight excluding hydrogens is 443 g/mol. The second-order valence-corrected chi connectivity index (χ2v) is 10.5. The van der Waals surface area contributed by atoms with Crippen LogP contribution in [0, 0.1) is 12.8 Å². The molecule has 1 amide bonds. The number of amides is 1. The molecule has 0 bridgehead atoms. The second-order valence-electron chi connectivity index (χ2n) is 7.64. The minimum absolute atomic E-state index is 0.136. The van der Waals surface area contributed by atoms with Crippen LogP contribution in [0.25, 0.3) is 0 Å². The van der Waals surface area contributed by atoms with Crippen molar-refractivity contribution >= 4 is 44.8 Å². The molecule has 1 fully saturated rings. The zero-order valence-electron chi connectivity index (χ0n) is 17.1. The summed E-state index contributed by atoms with van der Waals surface area (Å²) < 4.78 is 27.4. The Bertz CT molecular complexity index is 1040. The number of hydrogen-bond acceptors (Lipinski definition) is 3. The Morgan fingerprint density at radius 3 is 2.67 bits per heavy atom. The van der Waals surface area contributed by atoms with E-state index in [0.29, 0.717) is 35.0 Å². The monoisotopic (exact) mass is 468 g/mol. The van der Waals surface area contributed by atoms with Crippen LogP contribution in [0.1, 0.15) is 36.5 Å². The largest absolute Gasteiger partial charge is 0.325 e. The third-order valence-corrected chi connectivity index (χ3v) is 7.87. The topological polar surface area (TPSA) is 66.5 Å². The smallest absolute Gasteiger partial charge is 0.228 e. The van der Waals surface area contributed by atoms with Crippen LogP contribution >= 0.6 is 23.2 Å². The summed E-state index contributed by atoms with van der Waals surface area (Å²) in [7, 11) is -3.61. The summed E-state index contributed by atoms with van der Waals surface area (Å²) in [6.07, 6.45) is 2.11. The highest BCUT2D eigenvalue weighted by atomic mass is 35.5. The highest BCUT2D eigenvalue weighted by molar-refractivity contribution is 7.88. The predicted octanol–water partition coefficient (Wildman–Crippen LogP) is 5.04. The number of sulfonamides is 1. The molecule has 2 aromatic rings. The van der Waals surface area contributed by atoms with Gasteiger partial charge in [-0.1, -0.05) is 54.4 Å². The normalized spacial score (nSPS) is 17.7. The lowest BCUT2D eigenvalue weighted by molar-refractivity contribution is -0.120. The number of carbonyl (C=O) groups is 1. The van der Waals surface area contributed by atoms with Gasteiger partial charge in [-0.3, -0.25) is 4.79 Å². The maximum atomic E-state index is 13.0. The van der Waals surface area contributed by atoms with Gasteiger partial charge in [0.25, 0.3) is 0 Å². The SMILES string of the molecule is CCc1cccc(C)c1NC(=O)C1CCCN(S(=O)(=O)Cc2ccc(Cl)cc2Cl)C1. The number of carbonyl (C=O) groups excluding carboxylic acids is 1. The predicted molar refractivity (Wildman–Crippen MR) is 123 cm³/mol. The fourth-order valence-corrected chi connectivity index (χ4v) is 5.96. The van der Waals surface area contributed by atoms with E-state index in [1.165, 1.54) is 10.4 Å². The molecule has 1 aliphatic heterocycles. The van der Waals surface area contributed by atoms with Gasteiger partial charge in [-0.25, -0.2) is 12.7 Å². The Morgan fingerprint density at radius 2 is 1.97 bits per heavy atom. The van der Waals surface area contributed by atoms with E-state index in [2.05, 4.69) is 5.32 Å². The molecule has 1 N–H and O–H groups in total. The van der Waals surface area contributed by atoms with Crippen LogP contribution in [0.5, 0.6) is 0 Å². The summed E-state index contributed by atoms with van der Waals surface area (Å²) in [4.78, 5) is 12.9. The van der Waals surface area contributed by atoms with E-state index in [4.69, 9.17) is 23.2 Å². The number of aryl methyl sites for hydroxylation is 2. The first-order valence-corrected chi connectivity index (χ1v) is 12.4. The molecule has 0 aliphatic carbocycles. The lowest BCUT2D eigenvalue weighted by Gasteiger charge is -2.31. The van der Waals surface area contributed by atoms with Gasteiger partial charge in [0, 0.05) is 28.8 Å². The molecule has 30 heavy (non-hydrogen) atoms. The van der Waals surface area contributed by atoms with E-state index >= 15 is 0 Å². The summed E-state index contributed by atoms with van der Waals surface area (Å²) in [6, 6.07) is 10.7. The average molecular weight is 469 g/mol. The fourth-order valence-electron chi connectivity index (χ4n) is 3.76. The van der Waals surface area contributed by atoms with Gasteiger partial charge < -0.3 is 5.32 Å². The number of piperidine rings is 1. The molecule has 2 aromatic carbocycles. The average Bonchev–Trinajstić information content (AvgIpc) is 2.71. The number of hydrogen-bond donors (Lipinski definition) is 1. The number of halogens is 2. The molecule has 0 saturated carbocycles. The van der Waals surface area contributed by atoms with E-state index in [1.807, 2.05) is 32.0 Å². The Labute approximate surface area is 188 Å². The second kappa shape index (κ2) is 9.69. The summed E-state index contributed by atoms with van der Waals surface area (Å²) in [5.74, 6) is -0.739. The van der Waals surface area contributed by atoms with Crippen LogP contribution in [0.4, 0.5) is 5.69 Å². The molecule has 162 valence electrons. The molecule has 1 unspecified atom stereocenters. The van der Waals surface area contributed by atoms with Gasteiger partial charge in [0.2, 0.25) is 15.9 Å². The van der Waals surface area contributed by atoms with E-state index in [9.17, 15) is 13.2 Å². The van der Waals surface area contributed by atoms with E-state index in [1.54, 1.807) is 12.1 Å². The van der Waals surface area contributed by atoms with Gasteiger partial charge in [-0.15, -0.1) is 0 Å². The zero-order chi connectivity index (χ0) is 21.9. The van der Waals surface area contributed by atoms with E-state index in [-0.39, 0.29) is 18.2 Å². The molecule has 8 heteroatoms. The lowest BCUT2D eigenvalue weighted by Crippen LogP contribution is -2.44. The van der Waals surface area contributed by atoms with Crippen LogP contribution in [-0.2, 0) is 27.0 Å². The van der Waals surface area contributed by atoms with Crippen LogP contribution in [0.3, 0.4) is 0 Å². The number of nitrogens with zero attached hydrogens (tertiary/aromatic N) is 1. The number of nitrogens with one attached hydrogen (secondary N) is 1. The van der Waals surface area contributed by atoms with Crippen molar-refractivity contribution in [1.82, 2.24) is 4.31 Å². The van der Waals surface area contributed by atoms with Crippen molar-refractivity contribution in [1.29, 1.82) is 0 Å². The summed E-state index contributed by atoms with van der Waals surface area (Å²) in [5.41, 5.74) is 3.40. The Morgan fingerprint density at radius 1 is 1.20 bits per heavy atom. The van der Waals surface area contributed by atoms with Crippen LogP contribution in [0.2, 0.25) is 10.0 Å². The van der Waals surface area contributed by atoms with Gasteiger partial charge in [-0.05, 0) is 55.0 Å². The fraction of sp³-hybridized carbons (Fsp3) is 0.409. The van der Waals surface area contributed by atoms with Crippen molar-refractivity contribution in [3.05, 3.63) is 63.1 Å². The molecular formula is C22H26Cl2N2O3S.